The van der Waals surface area contributed by atoms with Gasteiger partial charge >= 0.3 is 0 Å². The molecule has 0 bridgehead atoms. The van der Waals surface area contributed by atoms with Gasteiger partial charge in [0.15, 0.2) is 0 Å². The van der Waals surface area contributed by atoms with Crippen molar-refractivity contribution in [1.82, 2.24) is 4.72 Å². The minimum atomic E-state index is -3.47. The summed E-state index contributed by atoms with van der Waals surface area (Å²) in [5.41, 5.74) is 6.17. The predicted molar refractivity (Wildman–Crippen MR) is 80.0 cm³/mol. The lowest BCUT2D eigenvalue weighted by molar-refractivity contribution is 0.545. The molecule has 1 aromatic rings. The standard InChI is InChI=1S/C12H17ClN2O2S2/c13-12-2-1-11(5-10(12)6-14)19(16,17)15-7-9-3-4-18-8-9/h1-2,5,9,15H,3-4,6-8,14H2. The summed E-state index contributed by atoms with van der Waals surface area (Å²) < 4.78 is 27.0. The van der Waals surface area contributed by atoms with Gasteiger partial charge in [0.05, 0.1) is 4.90 Å². The first-order valence-corrected chi connectivity index (χ1v) is 9.10. The van der Waals surface area contributed by atoms with Gasteiger partial charge in [0.25, 0.3) is 0 Å². The summed E-state index contributed by atoms with van der Waals surface area (Å²) in [7, 11) is -3.47. The fourth-order valence-electron chi connectivity index (χ4n) is 1.93. The zero-order valence-corrected chi connectivity index (χ0v) is 12.8. The quantitative estimate of drug-likeness (QED) is 0.868. The van der Waals surface area contributed by atoms with Gasteiger partial charge in [-0.3, -0.25) is 0 Å². The van der Waals surface area contributed by atoms with Gasteiger partial charge in [0.1, 0.15) is 0 Å². The van der Waals surface area contributed by atoms with Crippen molar-refractivity contribution in [3.05, 3.63) is 28.8 Å². The third kappa shape index (κ3) is 3.86. The van der Waals surface area contributed by atoms with E-state index in [9.17, 15) is 8.42 Å². The van der Waals surface area contributed by atoms with Crippen molar-refractivity contribution in [2.75, 3.05) is 18.1 Å². The summed E-state index contributed by atoms with van der Waals surface area (Å²) in [6, 6.07) is 4.62. The van der Waals surface area contributed by atoms with Crippen LogP contribution in [0.2, 0.25) is 5.02 Å². The summed E-state index contributed by atoms with van der Waals surface area (Å²) in [5.74, 6) is 2.57. The maximum atomic E-state index is 12.2. The fraction of sp³-hybridized carbons (Fsp3) is 0.500. The first-order valence-electron chi connectivity index (χ1n) is 6.09. The Morgan fingerprint density at radius 2 is 2.26 bits per heavy atom. The van der Waals surface area contributed by atoms with E-state index in [-0.39, 0.29) is 11.4 Å². The molecule has 7 heteroatoms. The molecule has 3 N–H and O–H groups in total. The van der Waals surface area contributed by atoms with Crippen LogP contribution in [-0.4, -0.2) is 26.5 Å². The molecular weight excluding hydrogens is 304 g/mol. The van der Waals surface area contributed by atoms with Crippen LogP contribution >= 0.6 is 23.4 Å². The van der Waals surface area contributed by atoms with Crippen molar-refractivity contribution in [1.29, 1.82) is 0 Å². The second-order valence-corrected chi connectivity index (χ2v) is 7.86. The number of rotatable bonds is 5. The van der Waals surface area contributed by atoms with Crippen molar-refractivity contribution in [2.45, 2.75) is 17.9 Å². The first kappa shape index (κ1) is 15.1. The molecule has 1 atom stereocenters. The van der Waals surface area contributed by atoms with E-state index >= 15 is 0 Å². The van der Waals surface area contributed by atoms with E-state index in [0.29, 0.717) is 23.0 Å². The van der Waals surface area contributed by atoms with E-state index in [2.05, 4.69) is 4.72 Å². The van der Waals surface area contributed by atoms with Crippen LogP contribution in [0.15, 0.2) is 23.1 Å². The van der Waals surface area contributed by atoms with E-state index in [1.807, 2.05) is 11.8 Å². The SMILES string of the molecule is NCc1cc(S(=O)(=O)NCC2CCSC2)ccc1Cl. The normalized spacial score (nSPS) is 19.8. The molecule has 106 valence electrons. The summed E-state index contributed by atoms with van der Waals surface area (Å²) in [6.45, 7) is 0.720. The Morgan fingerprint density at radius 1 is 1.47 bits per heavy atom. The lowest BCUT2D eigenvalue weighted by Gasteiger charge is -2.12. The van der Waals surface area contributed by atoms with E-state index in [1.54, 1.807) is 6.07 Å². The van der Waals surface area contributed by atoms with E-state index in [1.165, 1.54) is 12.1 Å². The van der Waals surface area contributed by atoms with Gasteiger partial charge in [0, 0.05) is 18.1 Å². The van der Waals surface area contributed by atoms with Crippen molar-refractivity contribution in [3.63, 3.8) is 0 Å². The average Bonchev–Trinajstić information content (AvgIpc) is 2.90. The van der Waals surface area contributed by atoms with Crippen molar-refractivity contribution in [2.24, 2.45) is 11.7 Å². The molecule has 1 aromatic carbocycles. The van der Waals surface area contributed by atoms with Gasteiger partial charge in [-0.1, -0.05) is 11.6 Å². The summed E-state index contributed by atoms with van der Waals surface area (Å²) in [4.78, 5) is 0.225. The van der Waals surface area contributed by atoms with Gasteiger partial charge < -0.3 is 5.73 Å². The number of sulfonamides is 1. The smallest absolute Gasteiger partial charge is 0.240 e. The van der Waals surface area contributed by atoms with Gasteiger partial charge in [0.2, 0.25) is 10.0 Å². The molecule has 1 aliphatic heterocycles. The molecule has 4 nitrogen and oxygen atoms in total. The highest BCUT2D eigenvalue weighted by atomic mass is 35.5. The number of benzene rings is 1. The number of nitrogens with two attached hydrogens (primary N) is 1. The fourth-order valence-corrected chi connectivity index (χ4v) is 4.58. The Balaban J connectivity index is 2.10. The van der Waals surface area contributed by atoms with Crippen molar-refractivity contribution < 1.29 is 8.42 Å². The molecule has 1 heterocycles. The molecule has 0 amide bonds. The second-order valence-electron chi connectivity index (χ2n) is 4.54. The van der Waals surface area contributed by atoms with Gasteiger partial charge in [-0.2, -0.15) is 11.8 Å². The maximum absolute atomic E-state index is 12.2. The van der Waals surface area contributed by atoms with E-state index in [0.717, 1.165) is 17.9 Å². The highest BCUT2D eigenvalue weighted by Crippen LogP contribution is 2.24. The molecular formula is C12H17ClN2O2S2. The van der Waals surface area contributed by atoms with Crippen LogP contribution in [-0.2, 0) is 16.6 Å². The molecule has 1 saturated heterocycles. The van der Waals surface area contributed by atoms with Crippen LogP contribution in [0.3, 0.4) is 0 Å². The Bertz CT molecular complexity index is 543. The Kier molecular flexibility index (Phi) is 5.14. The predicted octanol–water partition coefficient (Wildman–Crippen LogP) is 1.83. The van der Waals surface area contributed by atoms with Crippen LogP contribution < -0.4 is 10.5 Å². The van der Waals surface area contributed by atoms with E-state index < -0.39 is 10.0 Å². The molecule has 0 radical (unpaired) electrons. The topological polar surface area (TPSA) is 72.2 Å². The maximum Gasteiger partial charge on any atom is 0.240 e. The van der Waals surface area contributed by atoms with Crippen molar-refractivity contribution in [3.8, 4) is 0 Å². The summed E-state index contributed by atoms with van der Waals surface area (Å²) >= 11 is 7.80. The Hall–Kier alpha value is -0.270. The highest BCUT2D eigenvalue weighted by molar-refractivity contribution is 7.99. The summed E-state index contributed by atoms with van der Waals surface area (Å²) in [5, 5.41) is 0.494. The zero-order chi connectivity index (χ0) is 13.9. The number of hydrogen-bond donors (Lipinski definition) is 2. The molecule has 1 fully saturated rings. The molecule has 0 spiro atoms. The molecule has 2 rings (SSSR count). The van der Waals surface area contributed by atoms with Crippen LogP contribution in [0.25, 0.3) is 0 Å². The number of nitrogens with one attached hydrogen (secondary N) is 1. The largest absolute Gasteiger partial charge is 0.326 e. The monoisotopic (exact) mass is 320 g/mol. The molecule has 19 heavy (non-hydrogen) atoms. The highest BCUT2D eigenvalue weighted by Gasteiger charge is 2.20. The summed E-state index contributed by atoms with van der Waals surface area (Å²) in [6.07, 6.45) is 1.07. The van der Waals surface area contributed by atoms with Crippen LogP contribution in [0.5, 0.6) is 0 Å². The number of thioether (sulfide) groups is 1. The second kappa shape index (κ2) is 6.45. The molecule has 0 saturated carbocycles. The van der Waals surface area contributed by atoms with Gasteiger partial charge in [-0.15, -0.1) is 0 Å². The average molecular weight is 321 g/mol. The molecule has 0 aliphatic carbocycles. The molecule has 0 aromatic heterocycles. The van der Waals surface area contributed by atoms with E-state index in [4.69, 9.17) is 17.3 Å². The Labute approximate surface area is 123 Å². The van der Waals surface area contributed by atoms with Gasteiger partial charge in [-0.25, -0.2) is 13.1 Å². The lowest BCUT2D eigenvalue weighted by atomic mass is 10.1. The van der Waals surface area contributed by atoms with Crippen molar-refractivity contribution >= 4 is 33.4 Å². The minimum Gasteiger partial charge on any atom is -0.326 e. The van der Waals surface area contributed by atoms with Crippen LogP contribution in [0.1, 0.15) is 12.0 Å². The third-order valence-corrected chi connectivity index (χ3v) is 6.15. The zero-order valence-electron chi connectivity index (χ0n) is 10.4. The molecule has 1 unspecified atom stereocenters. The third-order valence-electron chi connectivity index (χ3n) is 3.13. The number of hydrogen-bond acceptors (Lipinski definition) is 4. The van der Waals surface area contributed by atoms with Crippen LogP contribution in [0.4, 0.5) is 0 Å². The lowest BCUT2D eigenvalue weighted by Crippen LogP contribution is -2.29. The van der Waals surface area contributed by atoms with Crippen LogP contribution in [0, 0.1) is 5.92 Å². The van der Waals surface area contributed by atoms with Gasteiger partial charge in [-0.05, 0) is 47.6 Å². The minimum absolute atomic E-state index is 0.224. The number of halogens is 1. The Morgan fingerprint density at radius 3 is 2.89 bits per heavy atom. The molecule has 1 aliphatic rings. The first-order chi connectivity index (χ1) is 9.03.